The van der Waals surface area contributed by atoms with Crippen molar-refractivity contribution in [2.24, 2.45) is 17.3 Å². The van der Waals surface area contributed by atoms with Crippen molar-refractivity contribution in [3.05, 3.63) is 77.4 Å². The molecule has 0 fully saturated rings. The summed E-state index contributed by atoms with van der Waals surface area (Å²) in [7, 11) is 0. The number of nitrogens with zero attached hydrogens (tertiary/aromatic N) is 3. The van der Waals surface area contributed by atoms with E-state index >= 15 is 0 Å². The Labute approximate surface area is 291 Å². The van der Waals surface area contributed by atoms with Gasteiger partial charge in [0.15, 0.2) is 5.78 Å². The third-order valence-corrected chi connectivity index (χ3v) is 8.43. The monoisotopic (exact) mass is 801 g/mol. The normalized spacial score (nSPS) is 12.3. The number of aliphatic hydroxyl groups excluding tert-OH is 1. The molecule has 0 bridgehead atoms. The Morgan fingerprint density at radius 2 is 1.52 bits per heavy atom. The van der Waals surface area contributed by atoms with Gasteiger partial charge in [-0.2, -0.15) is 0 Å². The summed E-state index contributed by atoms with van der Waals surface area (Å²) in [5, 5.41) is 11.8. The van der Waals surface area contributed by atoms with Crippen LogP contribution in [0.15, 0.2) is 54.6 Å². The zero-order valence-electron chi connectivity index (χ0n) is 29.8. The smallest absolute Gasteiger partial charge is 0.162 e. The fourth-order valence-corrected chi connectivity index (χ4v) is 5.78. The van der Waals surface area contributed by atoms with E-state index in [1.807, 2.05) is 40.7 Å². The molecule has 0 aliphatic heterocycles. The maximum atomic E-state index is 11.7. The SMILES string of the molecule is CCC(CC)C(=O)/C=C(\O)C(CC)CC.Cc1ccc2[c-]c(-c3ncnc4cc(CC(C)(C)C)ccc34)cc(C(C)(C)C)c2n1.[Ir]. The summed E-state index contributed by atoms with van der Waals surface area (Å²) in [6, 6.07) is 16.5. The van der Waals surface area contributed by atoms with Gasteiger partial charge in [-0.1, -0.05) is 104 Å². The number of benzene rings is 2. The third-order valence-electron chi connectivity index (χ3n) is 8.43. The summed E-state index contributed by atoms with van der Waals surface area (Å²) >= 11 is 0. The Hall–Kier alpha value is -2.95. The van der Waals surface area contributed by atoms with Crippen LogP contribution in [0, 0.1) is 30.2 Å². The van der Waals surface area contributed by atoms with Crippen LogP contribution in [0.4, 0.5) is 0 Å². The molecule has 2 heterocycles. The molecule has 1 N–H and O–H groups in total. The molecule has 1 radical (unpaired) electrons. The van der Waals surface area contributed by atoms with Gasteiger partial charge < -0.3 is 5.11 Å². The third kappa shape index (κ3) is 10.3. The summed E-state index contributed by atoms with van der Waals surface area (Å²) < 4.78 is 0. The second-order valence-corrected chi connectivity index (χ2v) is 14.5. The van der Waals surface area contributed by atoms with Gasteiger partial charge in [-0.15, -0.1) is 18.2 Å². The van der Waals surface area contributed by atoms with Crippen LogP contribution < -0.4 is 0 Å². The van der Waals surface area contributed by atoms with E-state index in [4.69, 9.17) is 4.98 Å². The molecule has 0 saturated heterocycles. The van der Waals surface area contributed by atoms with Gasteiger partial charge in [0.05, 0.1) is 11.3 Å². The number of aromatic nitrogens is 3. The standard InChI is InChI=1S/C27H30N3.C13H24O2.Ir/c1-17-8-10-19-13-20(14-22(25(19)30-17)27(5,6)7)24-21-11-9-18(15-26(2,3)4)12-23(21)28-16-29-24;1-5-10(6-2)12(14)9-13(15)11(7-3)8-4;/h8-12,14,16H,15H2,1-7H3;9-11,14H,5-8H2,1-4H3;/q-1;;/b;12-9-;. The van der Waals surface area contributed by atoms with Crippen LogP contribution in [-0.2, 0) is 36.7 Å². The van der Waals surface area contributed by atoms with Gasteiger partial charge in [0.1, 0.15) is 6.33 Å². The van der Waals surface area contributed by atoms with Crippen LogP contribution in [0.3, 0.4) is 0 Å². The second-order valence-electron chi connectivity index (χ2n) is 14.5. The molecule has 0 amide bonds. The van der Waals surface area contributed by atoms with E-state index in [1.165, 1.54) is 17.2 Å². The molecular formula is C40H54IrN3O2-. The largest absolute Gasteiger partial charge is 0.512 e. The zero-order chi connectivity index (χ0) is 33.5. The first kappa shape index (κ1) is 39.2. The molecule has 0 saturated carbocycles. The minimum absolute atomic E-state index is 0. The van der Waals surface area contributed by atoms with E-state index in [0.717, 1.165) is 70.9 Å². The number of rotatable bonds is 9. The predicted octanol–water partition coefficient (Wildman–Crippen LogP) is 10.7. The maximum absolute atomic E-state index is 11.7. The van der Waals surface area contributed by atoms with Crippen molar-refractivity contribution in [3.8, 4) is 11.3 Å². The van der Waals surface area contributed by atoms with Gasteiger partial charge in [0, 0.05) is 54.9 Å². The van der Waals surface area contributed by atoms with Gasteiger partial charge >= 0.3 is 0 Å². The Morgan fingerprint density at radius 3 is 2.09 bits per heavy atom. The van der Waals surface area contributed by atoms with Crippen LogP contribution in [0.2, 0.25) is 0 Å². The first-order chi connectivity index (χ1) is 21.1. The van der Waals surface area contributed by atoms with Crippen molar-refractivity contribution >= 4 is 27.6 Å². The number of aryl methyl sites for hydroxylation is 1. The first-order valence-corrected chi connectivity index (χ1v) is 16.6. The van der Waals surface area contributed by atoms with Crippen molar-refractivity contribution in [1.29, 1.82) is 0 Å². The Bertz CT molecular complexity index is 1640. The number of aliphatic hydroxyl groups is 1. The maximum Gasteiger partial charge on any atom is 0.162 e. The molecule has 2 aromatic carbocycles. The molecule has 0 aliphatic carbocycles. The fourth-order valence-electron chi connectivity index (χ4n) is 5.78. The quantitative estimate of drug-likeness (QED) is 0.104. The molecule has 251 valence electrons. The molecule has 0 unspecified atom stereocenters. The molecule has 2 aromatic heterocycles. The van der Waals surface area contributed by atoms with E-state index in [9.17, 15) is 9.90 Å². The van der Waals surface area contributed by atoms with Crippen LogP contribution in [0.5, 0.6) is 0 Å². The number of hydrogen-bond acceptors (Lipinski definition) is 5. The Morgan fingerprint density at radius 1 is 0.891 bits per heavy atom. The minimum atomic E-state index is -0.0361. The minimum Gasteiger partial charge on any atom is -0.512 e. The van der Waals surface area contributed by atoms with Crippen molar-refractivity contribution < 1.29 is 30.0 Å². The molecule has 4 rings (SSSR count). The van der Waals surface area contributed by atoms with Crippen LogP contribution in [0.25, 0.3) is 33.1 Å². The molecular weight excluding hydrogens is 747 g/mol. The Balaban J connectivity index is 0.000000394. The summed E-state index contributed by atoms with van der Waals surface area (Å²) in [5.41, 5.74) is 7.67. The molecule has 5 nitrogen and oxygen atoms in total. The van der Waals surface area contributed by atoms with Crippen molar-refractivity contribution in [3.63, 3.8) is 0 Å². The average Bonchev–Trinajstić information content (AvgIpc) is 2.96. The van der Waals surface area contributed by atoms with Crippen molar-refractivity contribution in [2.45, 2.75) is 114 Å². The van der Waals surface area contributed by atoms with Gasteiger partial charge in [-0.25, -0.2) is 4.98 Å². The van der Waals surface area contributed by atoms with Gasteiger partial charge in [0.2, 0.25) is 0 Å². The molecule has 0 spiro atoms. The predicted molar refractivity (Wildman–Crippen MR) is 190 cm³/mol. The van der Waals surface area contributed by atoms with E-state index in [2.05, 4.69) is 87.9 Å². The van der Waals surface area contributed by atoms with Gasteiger partial charge in [-0.05, 0) is 66.9 Å². The van der Waals surface area contributed by atoms with E-state index < -0.39 is 0 Å². The number of hydrogen-bond donors (Lipinski definition) is 1. The number of pyridine rings is 1. The fraction of sp³-hybridized carbons (Fsp3) is 0.500. The van der Waals surface area contributed by atoms with Crippen molar-refractivity contribution in [1.82, 2.24) is 15.0 Å². The molecule has 0 atom stereocenters. The van der Waals surface area contributed by atoms with Gasteiger partial charge in [-0.3, -0.25) is 14.8 Å². The summed E-state index contributed by atoms with van der Waals surface area (Å²) in [5.74, 6) is 0.547. The second kappa shape index (κ2) is 16.7. The summed E-state index contributed by atoms with van der Waals surface area (Å²) in [4.78, 5) is 25.8. The summed E-state index contributed by atoms with van der Waals surface area (Å²) in [6.45, 7) is 23.6. The number of allylic oxidation sites excluding steroid dienone is 2. The number of carbonyl (C=O) groups is 1. The zero-order valence-corrected chi connectivity index (χ0v) is 32.2. The number of fused-ring (bicyclic) bond motifs is 2. The first-order valence-electron chi connectivity index (χ1n) is 16.6. The van der Waals surface area contributed by atoms with Crippen LogP contribution in [0.1, 0.15) is 112 Å². The number of ketones is 1. The van der Waals surface area contributed by atoms with Crippen LogP contribution in [-0.4, -0.2) is 25.8 Å². The average molecular weight is 801 g/mol. The van der Waals surface area contributed by atoms with E-state index in [0.29, 0.717) is 0 Å². The van der Waals surface area contributed by atoms with E-state index in [1.54, 1.807) is 6.33 Å². The number of carbonyl (C=O) groups excluding carboxylic acids is 1. The molecule has 6 heteroatoms. The van der Waals surface area contributed by atoms with Crippen molar-refractivity contribution in [2.75, 3.05) is 0 Å². The van der Waals surface area contributed by atoms with Gasteiger partial charge in [0.25, 0.3) is 0 Å². The molecule has 4 aromatic rings. The topological polar surface area (TPSA) is 76.0 Å². The molecule has 46 heavy (non-hydrogen) atoms. The summed E-state index contributed by atoms with van der Waals surface area (Å²) in [6.07, 6.45) is 7.59. The van der Waals surface area contributed by atoms with E-state index in [-0.39, 0.29) is 54.3 Å². The Kier molecular flexibility index (Phi) is 14.3. The molecule has 0 aliphatic rings. The van der Waals surface area contributed by atoms with Crippen LogP contribution >= 0.6 is 0 Å².